The number of nitrogens with one attached hydrogen (secondary N) is 2. The number of rotatable bonds is 5. The van der Waals surface area contributed by atoms with Crippen LogP contribution in [0.2, 0.25) is 0 Å². The molecule has 0 bridgehead atoms. The lowest BCUT2D eigenvalue weighted by Gasteiger charge is -2.10. The topological polar surface area (TPSA) is 84.7 Å². The number of aromatic nitrogens is 4. The van der Waals surface area contributed by atoms with Crippen LogP contribution in [0.4, 0.5) is 10.3 Å². The number of benzene rings is 1. The highest BCUT2D eigenvalue weighted by molar-refractivity contribution is 5.95. The Hall–Kier alpha value is -3.29. The Labute approximate surface area is 150 Å². The van der Waals surface area contributed by atoms with Crippen molar-refractivity contribution < 1.29 is 9.18 Å². The number of hydrogen-bond acceptors (Lipinski definition) is 5. The van der Waals surface area contributed by atoms with Gasteiger partial charge in [-0.1, -0.05) is 6.92 Å². The Morgan fingerprint density at radius 2 is 1.81 bits per heavy atom. The smallest absolute Gasteiger partial charge is 0.267 e. The highest BCUT2D eigenvalue weighted by Crippen LogP contribution is 2.16. The largest absolute Gasteiger partial charge is 0.273 e. The van der Waals surface area contributed by atoms with Crippen molar-refractivity contribution in [3.63, 3.8) is 0 Å². The second-order valence-electron chi connectivity index (χ2n) is 5.80. The third kappa shape index (κ3) is 3.69. The van der Waals surface area contributed by atoms with Gasteiger partial charge in [0.15, 0.2) is 0 Å². The summed E-state index contributed by atoms with van der Waals surface area (Å²) in [6.07, 6.45) is 2.07. The number of hydrazine groups is 1. The SMILES string of the molecule is CCc1c(C(=O)NNc2nc(C)cc(C)n2)cnn1-c1ccc(F)cc1. The third-order valence-corrected chi connectivity index (χ3v) is 3.79. The maximum Gasteiger partial charge on any atom is 0.273 e. The quantitative estimate of drug-likeness (QED) is 0.688. The summed E-state index contributed by atoms with van der Waals surface area (Å²) in [6.45, 7) is 5.63. The van der Waals surface area contributed by atoms with Crippen LogP contribution in [0.3, 0.4) is 0 Å². The molecule has 2 N–H and O–H groups in total. The first-order chi connectivity index (χ1) is 12.5. The van der Waals surface area contributed by atoms with Crippen molar-refractivity contribution in [2.24, 2.45) is 0 Å². The number of halogens is 1. The zero-order chi connectivity index (χ0) is 18.7. The molecule has 0 unspecified atom stereocenters. The van der Waals surface area contributed by atoms with Crippen molar-refractivity contribution in [2.45, 2.75) is 27.2 Å². The van der Waals surface area contributed by atoms with E-state index in [-0.39, 0.29) is 11.7 Å². The Morgan fingerprint density at radius 3 is 2.42 bits per heavy atom. The van der Waals surface area contributed by atoms with Crippen LogP contribution in [-0.4, -0.2) is 25.7 Å². The second-order valence-corrected chi connectivity index (χ2v) is 5.80. The van der Waals surface area contributed by atoms with Crippen molar-refractivity contribution >= 4 is 11.9 Å². The number of nitrogens with zero attached hydrogens (tertiary/aromatic N) is 4. The molecule has 8 heteroatoms. The molecule has 0 atom stereocenters. The number of amides is 1. The summed E-state index contributed by atoms with van der Waals surface area (Å²) < 4.78 is 14.7. The molecule has 0 radical (unpaired) electrons. The molecular formula is C18H19FN6O. The number of anilines is 1. The summed E-state index contributed by atoms with van der Waals surface area (Å²) in [5.41, 5.74) is 8.74. The number of carbonyl (C=O) groups excluding carboxylic acids is 1. The lowest BCUT2D eigenvalue weighted by atomic mass is 10.2. The van der Waals surface area contributed by atoms with Gasteiger partial charge in [0.25, 0.3) is 5.91 Å². The number of carbonyl (C=O) groups is 1. The zero-order valence-electron chi connectivity index (χ0n) is 14.7. The van der Waals surface area contributed by atoms with Gasteiger partial charge in [0.1, 0.15) is 5.82 Å². The van der Waals surface area contributed by atoms with Crippen LogP contribution in [-0.2, 0) is 6.42 Å². The van der Waals surface area contributed by atoms with E-state index in [1.54, 1.807) is 16.8 Å². The van der Waals surface area contributed by atoms with E-state index >= 15 is 0 Å². The summed E-state index contributed by atoms with van der Waals surface area (Å²) in [7, 11) is 0. The van der Waals surface area contributed by atoms with E-state index in [1.165, 1.54) is 18.3 Å². The van der Waals surface area contributed by atoms with Crippen molar-refractivity contribution in [3.05, 3.63) is 65.0 Å². The van der Waals surface area contributed by atoms with E-state index in [4.69, 9.17) is 0 Å². The van der Waals surface area contributed by atoms with Gasteiger partial charge >= 0.3 is 0 Å². The van der Waals surface area contributed by atoms with Gasteiger partial charge in [0, 0.05) is 11.4 Å². The molecule has 134 valence electrons. The van der Waals surface area contributed by atoms with Gasteiger partial charge in [0.2, 0.25) is 5.95 Å². The van der Waals surface area contributed by atoms with Gasteiger partial charge in [-0.15, -0.1) is 0 Å². The van der Waals surface area contributed by atoms with E-state index in [1.807, 2.05) is 26.8 Å². The van der Waals surface area contributed by atoms with Crippen molar-refractivity contribution in [2.75, 3.05) is 5.43 Å². The lowest BCUT2D eigenvalue weighted by Crippen LogP contribution is -2.31. The van der Waals surface area contributed by atoms with Gasteiger partial charge in [-0.3, -0.25) is 15.6 Å². The van der Waals surface area contributed by atoms with Gasteiger partial charge in [0.05, 0.1) is 23.1 Å². The molecule has 0 aliphatic carbocycles. The molecule has 3 rings (SSSR count). The van der Waals surface area contributed by atoms with Crippen LogP contribution in [0, 0.1) is 19.7 Å². The maximum absolute atomic E-state index is 13.1. The van der Waals surface area contributed by atoms with Gasteiger partial charge < -0.3 is 0 Å². The van der Waals surface area contributed by atoms with E-state index in [0.717, 1.165) is 17.1 Å². The fraction of sp³-hybridized carbons (Fsp3) is 0.222. The molecular weight excluding hydrogens is 335 g/mol. The highest BCUT2D eigenvalue weighted by Gasteiger charge is 2.17. The summed E-state index contributed by atoms with van der Waals surface area (Å²) in [5.74, 6) is -0.354. The molecule has 1 amide bonds. The second kappa shape index (κ2) is 7.30. The first kappa shape index (κ1) is 17.5. The normalized spacial score (nSPS) is 10.6. The van der Waals surface area contributed by atoms with Crippen LogP contribution >= 0.6 is 0 Å². The third-order valence-electron chi connectivity index (χ3n) is 3.79. The summed E-state index contributed by atoms with van der Waals surface area (Å²) in [4.78, 5) is 20.9. The highest BCUT2D eigenvalue weighted by atomic mass is 19.1. The molecule has 0 saturated heterocycles. The molecule has 2 heterocycles. The lowest BCUT2D eigenvalue weighted by molar-refractivity contribution is 0.0961. The fourth-order valence-corrected chi connectivity index (χ4v) is 2.67. The predicted molar refractivity (Wildman–Crippen MR) is 95.5 cm³/mol. The Bertz CT molecular complexity index is 915. The van der Waals surface area contributed by atoms with Crippen LogP contribution in [0.15, 0.2) is 36.5 Å². The number of aryl methyl sites for hydroxylation is 2. The first-order valence-electron chi connectivity index (χ1n) is 8.19. The summed E-state index contributed by atoms with van der Waals surface area (Å²) in [5, 5.41) is 4.27. The monoisotopic (exact) mass is 354 g/mol. The van der Waals surface area contributed by atoms with Crippen molar-refractivity contribution in [1.82, 2.24) is 25.2 Å². The van der Waals surface area contributed by atoms with E-state index in [0.29, 0.717) is 23.6 Å². The average Bonchev–Trinajstić information content (AvgIpc) is 3.03. The molecule has 26 heavy (non-hydrogen) atoms. The molecule has 0 fully saturated rings. The minimum atomic E-state index is -0.349. The molecule has 0 saturated carbocycles. The Balaban J connectivity index is 1.80. The maximum atomic E-state index is 13.1. The van der Waals surface area contributed by atoms with Crippen molar-refractivity contribution in [3.8, 4) is 5.69 Å². The Kier molecular flexibility index (Phi) is 4.92. The average molecular weight is 354 g/mol. The van der Waals surface area contributed by atoms with E-state index in [2.05, 4.69) is 25.9 Å². The van der Waals surface area contributed by atoms with Crippen LogP contribution < -0.4 is 10.9 Å². The molecule has 0 aliphatic heterocycles. The fourth-order valence-electron chi connectivity index (χ4n) is 2.67. The number of hydrogen-bond donors (Lipinski definition) is 2. The summed E-state index contributed by atoms with van der Waals surface area (Å²) in [6, 6.07) is 7.79. The summed E-state index contributed by atoms with van der Waals surface area (Å²) >= 11 is 0. The molecule has 0 spiro atoms. The van der Waals surface area contributed by atoms with Crippen LogP contribution in [0.1, 0.15) is 34.4 Å². The Morgan fingerprint density at radius 1 is 1.15 bits per heavy atom. The van der Waals surface area contributed by atoms with E-state index < -0.39 is 0 Å². The first-order valence-corrected chi connectivity index (χ1v) is 8.19. The minimum absolute atomic E-state index is 0.319. The molecule has 0 aliphatic rings. The molecule has 7 nitrogen and oxygen atoms in total. The standard InChI is InChI=1S/C18H19FN6O/c1-4-16-15(10-20-25(16)14-7-5-13(19)6-8-14)17(26)23-24-18-21-11(2)9-12(3)22-18/h5-10H,4H2,1-3H3,(H,23,26)(H,21,22,24). The molecule has 2 aromatic heterocycles. The van der Waals surface area contributed by atoms with Crippen LogP contribution in [0.25, 0.3) is 5.69 Å². The van der Waals surface area contributed by atoms with Gasteiger partial charge in [-0.2, -0.15) is 5.10 Å². The molecule has 3 aromatic rings. The zero-order valence-corrected chi connectivity index (χ0v) is 14.7. The predicted octanol–water partition coefficient (Wildman–Crippen LogP) is 2.74. The van der Waals surface area contributed by atoms with Crippen molar-refractivity contribution in [1.29, 1.82) is 0 Å². The van der Waals surface area contributed by atoms with Gasteiger partial charge in [-0.05, 0) is 50.6 Å². The van der Waals surface area contributed by atoms with Gasteiger partial charge in [-0.25, -0.2) is 19.0 Å². The molecule has 1 aromatic carbocycles. The minimum Gasteiger partial charge on any atom is -0.267 e. The van der Waals surface area contributed by atoms with E-state index in [9.17, 15) is 9.18 Å². The van der Waals surface area contributed by atoms with Crippen LogP contribution in [0.5, 0.6) is 0 Å².